The maximum atomic E-state index is 13.2. The predicted molar refractivity (Wildman–Crippen MR) is 106 cm³/mol. The first-order chi connectivity index (χ1) is 14.0. The van der Waals surface area contributed by atoms with E-state index in [2.05, 4.69) is 15.6 Å². The number of urea groups is 1. The van der Waals surface area contributed by atoms with E-state index in [4.69, 9.17) is 9.15 Å². The predicted octanol–water partition coefficient (Wildman–Crippen LogP) is 3.71. The summed E-state index contributed by atoms with van der Waals surface area (Å²) in [6.07, 6.45) is 3.21. The van der Waals surface area contributed by atoms with Crippen LogP contribution in [-0.2, 0) is 6.54 Å². The zero-order valence-corrected chi connectivity index (χ0v) is 16.3. The first-order valence-electron chi connectivity index (χ1n) is 9.11. The van der Waals surface area contributed by atoms with Gasteiger partial charge in [0.15, 0.2) is 0 Å². The molecule has 29 heavy (non-hydrogen) atoms. The number of amides is 2. The van der Waals surface area contributed by atoms with Gasteiger partial charge < -0.3 is 19.8 Å². The second kappa shape index (κ2) is 9.70. The Morgan fingerprint density at radius 2 is 2.07 bits per heavy atom. The molecule has 1 aromatic carbocycles. The normalized spacial score (nSPS) is 11.9. The number of pyridine rings is 1. The van der Waals surface area contributed by atoms with Gasteiger partial charge in [-0.15, -0.1) is 0 Å². The Morgan fingerprint density at radius 1 is 1.21 bits per heavy atom. The summed E-state index contributed by atoms with van der Waals surface area (Å²) in [6, 6.07) is 12.6. The van der Waals surface area contributed by atoms with Crippen LogP contribution in [0.5, 0.6) is 11.6 Å². The van der Waals surface area contributed by atoms with E-state index in [1.165, 1.54) is 12.1 Å². The maximum Gasteiger partial charge on any atom is 0.315 e. The molecule has 0 aliphatic heterocycles. The van der Waals surface area contributed by atoms with Crippen LogP contribution in [0.15, 0.2) is 65.4 Å². The molecule has 1 unspecified atom stereocenters. The first-order valence-corrected chi connectivity index (χ1v) is 9.11. The molecule has 7 nitrogen and oxygen atoms in total. The van der Waals surface area contributed by atoms with Crippen LogP contribution in [0.3, 0.4) is 0 Å². The number of halogens is 1. The number of hydrogen-bond acceptors (Lipinski definition) is 5. The molecule has 2 N–H and O–H groups in total. The van der Waals surface area contributed by atoms with Crippen LogP contribution >= 0.6 is 0 Å². The monoisotopic (exact) mass is 398 g/mol. The summed E-state index contributed by atoms with van der Waals surface area (Å²) in [5.41, 5.74) is 0.807. The largest absolute Gasteiger partial charge is 0.468 e. The lowest BCUT2D eigenvalue weighted by molar-refractivity contribution is 0.225. The van der Waals surface area contributed by atoms with Crippen LogP contribution in [-0.4, -0.2) is 36.6 Å². The Bertz CT molecular complexity index is 914. The van der Waals surface area contributed by atoms with Crippen molar-refractivity contribution in [3.63, 3.8) is 0 Å². The number of nitrogens with one attached hydrogen (secondary N) is 2. The second-order valence-corrected chi connectivity index (χ2v) is 6.62. The van der Waals surface area contributed by atoms with E-state index in [1.54, 1.807) is 36.7 Å². The number of nitrogens with zero attached hydrogens (tertiary/aromatic N) is 2. The molecule has 2 amide bonds. The van der Waals surface area contributed by atoms with E-state index in [0.717, 1.165) is 11.3 Å². The van der Waals surface area contributed by atoms with Gasteiger partial charge in [0.05, 0.1) is 12.3 Å². The van der Waals surface area contributed by atoms with Crippen LogP contribution < -0.4 is 15.4 Å². The molecule has 0 saturated heterocycles. The van der Waals surface area contributed by atoms with Crippen molar-refractivity contribution in [3.05, 3.63) is 78.1 Å². The van der Waals surface area contributed by atoms with Gasteiger partial charge in [0.1, 0.15) is 17.3 Å². The minimum Gasteiger partial charge on any atom is -0.468 e. The van der Waals surface area contributed by atoms with Gasteiger partial charge in [-0.25, -0.2) is 14.2 Å². The summed E-state index contributed by atoms with van der Waals surface area (Å²) in [7, 11) is 3.85. The molecule has 0 radical (unpaired) electrons. The first kappa shape index (κ1) is 20.3. The number of furan rings is 1. The van der Waals surface area contributed by atoms with Gasteiger partial charge in [-0.2, -0.15) is 0 Å². The number of ether oxygens (including phenoxy) is 1. The fourth-order valence-corrected chi connectivity index (χ4v) is 2.68. The Balaban J connectivity index is 1.46. The van der Waals surface area contributed by atoms with Crippen molar-refractivity contribution in [1.29, 1.82) is 0 Å². The third-order valence-electron chi connectivity index (χ3n) is 4.22. The summed E-state index contributed by atoms with van der Waals surface area (Å²) in [4.78, 5) is 18.3. The molecule has 2 heterocycles. The Hall–Kier alpha value is -3.39. The van der Waals surface area contributed by atoms with Crippen molar-refractivity contribution in [1.82, 2.24) is 20.5 Å². The topological polar surface area (TPSA) is 79.6 Å². The van der Waals surface area contributed by atoms with Gasteiger partial charge in [-0.3, -0.25) is 4.90 Å². The molecule has 0 saturated carbocycles. The van der Waals surface area contributed by atoms with Crippen LogP contribution in [0, 0.1) is 5.82 Å². The minimum absolute atomic E-state index is 0.0586. The third kappa shape index (κ3) is 6.05. The van der Waals surface area contributed by atoms with Gasteiger partial charge in [0.25, 0.3) is 0 Å². The second-order valence-electron chi connectivity index (χ2n) is 6.62. The highest BCUT2D eigenvalue weighted by Crippen LogP contribution is 2.20. The maximum absolute atomic E-state index is 13.2. The molecule has 0 spiro atoms. The number of carbonyl (C=O) groups excluding carboxylic acids is 1. The van der Waals surface area contributed by atoms with E-state index in [1.807, 2.05) is 31.1 Å². The van der Waals surface area contributed by atoms with Crippen LogP contribution in [0.1, 0.15) is 17.4 Å². The fourth-order valence-electron chi connectivity index (χ4n) is 2.68. The highest BCUT2D eigenvalue weighted by Gasteiger charge is 2.17. The Kier molecular flexibility index (Phi) is 6.80. The molecule has 0 bridgehead atoms. The molecule has 1 atom stereocenters. The average Bonchev–Trinajstić information content (AvgIpc) is 3.22. The molecule has 3 rings (SSSR count). The molecule has 0 aliphatic rings. The van der Waals surface area contributed by atoms with Gasteiger partial charge in [-0.1, -0.05) is 12.1 Å². The lowest BCUT2D eigenvalue weighted by Crippen LogP contribution is -2.40. The fraction of sp³-hybridized carbons (Fsp3) is 0.238. The van der Waals surface area contributed by atoms with Crippen molar-refractivity contribution >= 4 is 6.03 Å². The number of likely N-dealkylation sites (N-methyl/N-ethyl adjacent to an activating group) is 1. The smallest absolute Gasteiger partial charge is 0.315 e. The SMILES string of the molecule is CN(C)C(CNC(=O)NCc1ccc(Oc2cccc(F)c2)nc1)c1ccco1. The van der Waals surface area contributed by atoms with Crippen LogP contribution in [0.25, 0.3) is 0 Å². The summed E-state index contributed by atoms with van der Waals surface area (Å²) in [5.74, 6) is 1.12. The Labute approximate surface area is 168 Å². The van der Waals surface area contributed by atoms with E-state index in [9.17, 15) is 9.18 Å². The minimum atomic E-state index is -0.377. The van der Waals surface area contributed by atoms with E-state index in [0.29, 0.717) is 24.7 Å². The molecular formula is C21H23FN4O3. The van der Waals surface area contributed by atoms with Crippen LogP contribution in [0.2, 0.25) is 0 Å². The van der Waals surface area contributed by atoms with Gasteiger partial charge in [-0.05, 0) is 43.9 Å². The molecule has 152 valence electrons. The van der Waals surface area contributed by atoms with Crippen LogP contribution in [0.4, 0.5) is 9.18 Å². The molecule has 0 fully saturated rings. The number of carbonyl (C=O) groups is 1. The van der Waals surface area contributed by atoms with Gasteiger partial charge in [0.2, 0.25) is 5.88 Å². The number of rotatable bonds is 8. The zero-order valence-electron chi connectivity index (χ0n) is 16.3. The van der Waals surface area contributed by atoms with Crippen molar-refractivity contribution in [3.8, 4) is 11.6 Å². The Morgan fingerprint density at radius 3 is 2.72 bits per heavy atom. The van der Waals surface area contributed by atoms with E-state index in [-0.39, 0.29) is 17.9 Å². The average molecular weight is 398 g/mol. The molecule has 3 aromatic rings. The lowest BCUT2D eigenvalue weighted by atomic mass is 10.2. The molecule has 2 aromatic heterocycles. The summed E-state index contributed by atoms with van der Waals surface area (Å²) >= 11 is 0. The zero-order chi connectivity index (χ0) is 20.6. The van der Waals surface area contributed by atoms with Crippen molar-refractivity contribution in [2.45, 2.75) is 12.6 Å². The lowest BCUT2D eigenvalue weighted by Gasteiger charge is -2.22. The van der Waals surface area contributed by atoms with E-state index >= 15 is 0 Å². The quantitative estimate of drug-likeness (QED) is 0.605. The third-order valence-corrected chi connectivity index (χ3v) is 4.22. The molecule has 0 aliphatic carbocycles. The van der Waals surface area contributed by atoms with Crippen molar-refractivity contribution in [2.75, 3.05) is 20.6 Å². The summed E-state index contributed by atoms with van der Waals surface area (Å²) in [5, 5.41) is 5.63. The number of hydrogen-bond donors (Lipinski definition) is 2. The van der Waals surface area contributed by atoms with Gasteiger partial charge >= 0.3 is 6.03 Å². The van der Waals surface area contributed by atoms with E-state index < -0.39 is 0 Å². The number of aromatic nitrogens is 1. The molecular weight excluding hydrogens is 375 g/mol. The number of benzene rings is 1. The molecule has 8 heteroatoms. The summed E-state index contributed by atoms with van der Waals surface area (Å²) in [6.45, 7) is 0.720. The summed E-state index contributed by atoms with van der Waals surface area (Å²) < 4.78 is 24.1. The van der Waals surface area contributed by atoms with Gasteiger partial charge in [0, 0.05) is 31.4 Å². The van der Waals surface area contributed by atoms with Crippen molar-refractivity contribution < 1.29 is 18.3 Å². The standard InChI is InChI=1S/C21H23FN4O3/c1-26(2)18(19-7-4-10-28-19)14-25-21(27)24-13-15-8-9-20(23-12-15)29-17-6-3-5-16(22)11-17/h3-12,18H,13-14H2,1-2H3,(H2,24,25,27). The highest BCUT2D eigenvalue weighted by atomic mass is 19.1. The van der Waals surface area contributed by atoms with Crippen molar-refractivity contribution in [2.24, 2.45) is 0 Å². The highest BCUT2D eigenvalue weighted by molar-refractivity contribution is 5.73.